The predicted octanol–water partition coefficient (Wildman–Crippen LogP) is 5.10. The highest BCUT2D eigenvalue weighted by Gasteiger charge is 2.48. The zero-order valence-corrected chi connectivity index (χ0v) is 20.6. The lowest BCUT2D eigenvalue weighted by Gasteiger charge is -2.44. The Hall–Kier alpha value is -3.35. The normalized spacial score (nSPS) is 21.3. The second-order valence-electron chi connectivity index (χ2n) is 10.2. The molecule has 3 aromatic rings. The van der Waals surface area contributed by atoms with Gasteiger partial charge in [0.2, 0.25) is 5.91 Å². The first-order valence-electron chi connectivity index (χ1n) is 12.7. The maximum absolute atomic E-state index is 13.9. The van der Waals surface area contributed by atoms with Crippen LogP contribution < -0.4 is 5.32 Å². The Balaban J connectivity index is 1.49. The molecule has 1 saturated carbocycles. The lowest BCUT2D eigenvalue weighted by molar-refractivity contribution is -0.134. The molecule has 7 heteroatoms. The van der Waals surface area contributed by atoms with Crippen molar-refractivity contribution in [2.75, 3.05) is 0 Å². The van der Waals surface area contributed by atoms with Crippen LogP contribution in [0.15, 0.2) is 53.1 Å². The summed E-state index contributed by atoms with van der Waals surface area (Å²) < 4.78 is 7.19. The molecule has 1 aromatic carbocycles. The third kappa shape index (κ3) is 4.64. The fourth-order valence-corrected chi connectivity index (χ4v) is 5.33. The van der Waals surface area contributed by atoms with E-state index in [-0.39, 0.29) is 17.9 Å². The molecule has 2 aliphatic rings. The van der Waals surface area contributed by atoms with Crippen LogP contribution in [0.1, 0.15) is 73.5 Å². The molecule has 1 aliphatic heterocycles. The van der Waals surface area contributed by atoms with Gasteiger partial charge in [-0.05, 0) is 49.9 Å². The van der Waals surface area contributed by atoms with Crippen LogP contribution in [0.25, 0.3) is 11.5 Å². The molecular formula is C28H34N4O3. The van der Waals surface area contributed by atoms with E-state index in [9.17, 15) is 9.59 Å². The first-order valence-corrected chi connectivity index (χ1v) is 12.7. The number of hydrogen-bond acceptors (Lipinski definition) is 4. The summed E-state index contributed by atoms with van der Waals surface area (Å²) in [5, 5.41) is 7.97. The van der Waals surface area contributed by atoms with E-state index in [1.807, 2.05) is 44.2 Å². The predicted molar refractivity (Wildman–Crippen MR) is 134 cm³/mol. The number of amides is 2. The summed E-state index contributed by atoms with van der Waals surface area (Å²) >= 11 is 0. The summed E-state index contributed by atoms with van der Waals surface area (Å²) in [5.41, 5.74) is 2.13. The van der Waals surface area contributed by atoms with Crippen LogP contribution >= 0.6 is 0 Å². The number of nitrogens with zero attached hydrogens (tertiary/aromatic N) is 3. The van der Waals surface area contributed by atoms with Gasteiger partial charge in [-0.1, -0.05) is 56.4 Å². The van der Waals surface area contributed by atoms with Gasteiger partial charge in [-0.25, -0.2) is 0 Å². The van der Waals surface area contributed by atoms with Gasteiger partial charge in [0.1, 0.15) is 16.9 Å². The smallest absolute Gasteiger partial charge is 0.273 e. The number of hydrogen-bond donors (Lipinski definition) is 1. The molecule has 1 aliphatic carbocycles. The number of benzene rings is 1. The molecular weight excluding hydrogens is 440 g/mol. The van der Waals surface area contributed by atoms with E-state index in [4.69, 9.17) is 4.42 Å². The minimum absolute atomic E-state index is 0.106. The van der Waals surface area contributed by atoms with Gasteiger partial charge in [0.05, 0.1) is 12.8 Å². The first-order chi connectivity index (χ1) is 17.0. The van der Waals surface area contributed by atoms with Crippen LogP contribution in [0.4, 0.5) is 0 Å². The van der Waals surface area contributed by atoms with Gasteiger partial charge < -0.3 is 14.6 Å². The van der Waals surface area contributed by atoms with Crippen molar-refractivity contribution in [2.24, 2.45) is 0 Å². The minimum Gasteiger partial charge on any atom is -0.463 e. The fraction of sp³-hybridized carbons (Fsp3) is 0.464. The quantitative estimate of drug-likeness (QED) is 0.558. The maximum Gasteiger partial charge on any atom is 0.273 e. The molecule has 2 aromatic heterocycles. The lowest BCUT2D eigenvalue weighted by atomic mass is 9.91. The molecule has 35 heavy (non-hydrogen) atoms. The van der Waals surface area contributed by atoms with Gasteiger partial charge in [0.15, 0.2) is 5.76 Å². The third-order valence-corrected chi connectivity index (χ3v) is 7.59. The average Bonchev–Trinajstić information content (AvgIpc) is 3.49. The summed E-state index contributed by atoms with van der Waals surface area (Å²) in [5.74, 6) is 0.302. The van der Waals surface area contributed by atoms with E-state index in [2.05, 4.69) is 10.4 Å². The molecule has 0 saturated heterocycles. The van der Waals surface area contributed by atoms with E-state index < -0.39 is 5.54 Å². The Morgan fingerprint density at radius 2 is 1.86 bits per heavy atom. The van der Waals surface area contributed by atoms with Crippen molar-refractivity contribution in [3.63, 3.8) is 0 Å². The lowest BCUT2D eigenvalue weighted by Crippen LogP contribution is -2.64. The molecule has 0 radical (unpaired) electrons. The second-order valence-corrected chi connectivity index (χ2v) is 10.2. The molecule has 7 nitrogen and oxygen atoms in total. The summed E-state index contributed by atoms with van der Waals surface area (Å²) in [6, 6.07) is 13.6. The van der Waals surface area contributed by atoms with Crippen molar-refractivity contribution in [2.45, 2.75) is 83.5 Å². The Bertz CT molecular complexity index is 1190. The number of nitrogens with one attached hydrogen (secondary N) is 1. The summed E-state index contributed by atoms with van der Waals surface area (Å²) in [4.78, 5) is 29.5. The Kier molecular flexibility index (Phi) is 6.50. The number of furan rings is 1. The number of aryl methyl sites for hydroxylation is 1. The number of carbonyl (C=O) groups is 2. The molecule has 1 atom stereocenters. The Labute approximate surface area is 206 Å². The van der Waals surface area contributed by atoms with E-state index in [1.54, 1.807) is 28.0 Å². The number of aromatic nitrogens is 2. The summed E-state index contributed by atoms with van der Waals surface area (Å²) in [6.07, 6.45) is 9.53. The zero-order valence-electron chi connectivity index (χ0n) is 20.6. The van der Waals surface area contributed by atoms with E-state index in [0.717, 1.165) is 36.8 Å². The molecule has 5 rings (SSSR count). The van der Waals surface area contributed by atoms with Gasteiger partial charge in [-0.3, -0.25) is 14.3 Å². The molecule has 0 bridgehead atoms. The van der Waals surface area contributed by atoms with Gasteiger partial charge in [0, 0.05) is 18.7 Å². The monoisotopic (exact) mass is 474 g/mol. The maximum atomic E-state index is 13.9. The fourth-order valence-electron chi connectivity index (χ4n) is 5.33. The van der Waals surface area contributed by atoms with Gasteiger partial charge in [-0.2, -0.15) is 5.10 Å². The summed E-state index contributed by atoms with van der Waals surface area (Å²) in [7, 11) is 0. The van der Waals surface area contributed by atoms with Crippen molar-refractivity contribution in [1.29, 1.82) is 0 Å². The standard InChI is InChI=1S/C28H34N4O3/c1-20-11-8-9-12-21(20)18-31-26(33)24-17-23(25-15-10-16-35-25)30-32(24)19-28(31,2)27(34)29-22-13-6-4-3-5-7-14-22/h8-12,15-17,22H,3-7,13-14,18-19H2,1-2H3,(H,29,34)/t28-/m1/s1. The molecule has 1 fully saturated rings. The van der Waals surface area contributed by atoms with Crippen molar-refractivity contribution >= 4 is 11.8 Å². The molecule has 2 amide bonds. The molecule has 184 valence electrons. The number of rotatable bonds is 5. The zero-order chi connectivity index (χ0) is 24.4. The second kappa shape index (κ2) is 9.72. The molecule has 3 heterocycles. The van der Waals surface area contributed by atoms with Crippen LogP contribution in [0, 0.1) is 6.92 Å². The largest absolute Gasteiger partial charge is 0.463 e. The van der Waals surface area contributed by atoms with Crippen LogP contribution in [0.5, 0.6) is 0 Å². The Morgan fingerprint density at radius 3 is 2.57 bits per heavy atom. The van der Waals surface area contributed by atoms with Crippen molar-refractivity contribution < 1.29 is 14.0 Å². The first kappa shape index (κ1) is 23.4. The molecule has 0 spiro atoms. The van der Waals surface area contributed by atoms with Crippen LogP contribution in [-0.4, -0.2) is 38.1 Å². The number of carbonyl (C=O) groups excluding carboxylic acids is 2. The van der Waals surface area contributed by atoms with Crippen LogP contribution in [0.3, 0.4) is 0 Å². The highest BCUT2D eigenvalue weighted by Crippen LogP contribution is 2.32. The van der Waals surface area contributed by atoms with Gasteiger partial charge in [-0.15, -0.1) is 0 Å². The van der Waals surface area contributed by atoms with E-state index in [0.29, 0.717) is 30.2 Å². The summed E-state index contributed by atoms with van der Waals surface area (Å²) in [6.45, 7) is 4.56. The van der Waals surface area contributed by atoms with E-state index >= 15 is 0 Å². The minimum atomic E-state index is -1.07. The van der Waals surface area contributed by atoms with Crippen molar-refractivity contribution in [3.05, 3.63) is 65.5 Å². The van der Waals surface area contributed by atoms with E-state index in [1.165, 1.54) is 19.3 Å². The van der Waals surface area contributed by atoms with Gasteiger partial charge >= 0.3 is 0 Å². The highest BCUT2D eigenvalue weighted by molar-refractivity contribution is 6.00. The van der Waals surface area contributed by atoms with Gasteiger partial charge in [0.25, 0.3) is 5.91 Å². The average molecular weight is 475 g/mol. The highest BCUT2D eigenvalue weighted by atomic mass is 16.3. The van der Waals surface area contributed by atoms with Crippen LogP contribution in [0.2, 0.25) is 0 Å². The molecule has 0 unspecified atom stereocenters. The van der Waals surface area contributed by atoms with Crippen molar-refractivity contribution in [3.8, 4) is 11.5 Å². The SMILES string of the molecule is Cc1ccccc1CN1C(=O)c2cc(-c3ccco3)nn2C[C@]1(C)C(=O)NC1CCCCCCC1. The molecule has 1 N–H and O–H groups in total. The number of fused-ring (bicyclic) bond motifs is 1. The third-order valence-electron chi connectivity index (χ3n) is 7.59. The Morgan fingerprint density at radius 1 is 1.11 bits per heavy atom. The van der Waals surface area contributed by atoms with Crippen LogP contribution in [-0.2, 0) is 17.9 Å². The van der Waals surface area contributed by atoms with Crippen molar-refractivity contribution in [1.82, 2.24) is 20.0 Å². The topological polar surface area (TPSA) is 80.4 Å².